The molecule has 98 valence electrons. The van der Waals surface area contributed by atoms with Crippen molar-refractivity contribution in [2.24, 2.45) is 11.5 Å². The molecule has 2 rings (SSSR count). The molecule has 5 N–H and O–H groups in total. The summed E-state index contributed by atoms with van der Waals surface area (Å²) < 4.78 is 0. The van der Waals surface area contributed by atoms with Crippen LogP contribution in [0.4, 0.5) is 0 Å². The van der Waals surface area contributed by atoms with Gasteiger partial charge in [0.05, 0.1) is 0 Å². The van der Waals surface area contributed by atoms with E-state index in [2.05, 4.69) is 0 Å². The van der Waals surface area contributed by atoms with E-state index < -0.39 is 0 Å². The summed E-state index contributed by atoms with van der Waals surface area (Å²) >= 11 is 0. The van der Waals surface area contributed by atoms with E-state index in [-0.39, 0.29) is 18.4 Å². The van der Waals surface area contributed by atoms with Crippen molar-refractivity contribution in [3.05, 3.63) is 42.0 Å². The molecular formula is C14H19ClN2O. The molecule has 3 nitrogen and oxygen atoms in total. The molecule has 0 aliphatic carbocycles. The second-order valence-electron chi connectivity index (χ2n) is 4.26. The maximum atomic E-state index is 9.79. The Kier molecular flexibility index (Phi) is 5.41. The lowest BCUT2D eigenvalue weighted by molar-refractivity contribution is 0.481. The molecule has 0 radical (unpaired) electrons. The van der Waals surface area contributed by atoms with Crippen molar-refractivity contribution in [2.45, 2.75) is 18.9 Å². The highest BCUT2D eigenvalue weighted by atomic mass is 35.5. The van der Waals surface area contributed by atoms with Crippen LogP contribution in [0.2, 0.25) is 0 Å². The first-order valence-electron chi connectivity index (χ1n) is 5.90. The second kappa shape index (κ2) is 6.59. The largest absolute Gasteiger partial charge is 0.507 e. The van der Waals surface area contributed by atoms with Crippen molar-refractivity contribution >= 4 is 23.2 Å². The molecule has 0 aliphatic heterocycles. The molecule has 0 unspecified atom stereocenters. The molecule has 1 atom stereocenters. The Morgan fingerprint density at radius 1 is 1.06 bits per heavy atom. The number of halogens is 1. The molecule has 0 bridgehead atoms. The summed E-state index contributed by atoms with van der Waals surface area (Å²) in [5, 5.41) is 11.7. The number of phenols is 1. The van der Waals surface area contributed by atoms with E-state index in [1.54, 1.807) is 6.07 Å². The summed E-state index contributed by atoms with van der Waals surface area (Å²) in [5.41, 5.74) is 12.7. The summed E-state index contributed by atoms with van der Waals surface area (Å²) in [4.78, 5) is 0. The van der Waals surface area contributed by atoms with Crippen LogP contribution in [0.5, 0.6) is 5.75 Å². The molecule has 0 aliphatic rings. The van der Waals surface area contributed by atoms with Gasteiger partial charge in [0.25, 0.3) is 0 Å². The number of nitrogens with two attached hydrogens (primary N) is 2. The standard InChI is InChI=1S/C14H18N2O.ClH/c15-9-3-6-13(16)11-7-8-14(17)12-5-2-1-4-10(11)12;/h1-2,4-5,7-8,13,17H,3,6,9,15-16H2;1H/t13-;/m0./s1. The zero-order chi connectivity index (χ0) is 12.3. The topological polar surface area (TPSA) is 72.3 Å². The Bertz CT molecular complexity index is 516. The minimum atomic E-state index is -0.0240. The van der Waals surface area contributed by atoms with Crippen LogP contribution in [0.15, 0.2) is 36.4 Å². The van der Waals surface area contributed by atoms with Crippen LogP contribution in [0, 0.1) is 0 Å². The van der Waals surface area contributed by atoms with E-state index in [1.165, 1.54) is 0 Å². The third-order valence-corrected chi connectivity index (χ3v) is 3.05. The van der Waals surface area contributed by atoms with E-state index in [4.69, 9.17) is 11.5 Å². The van der Waals surface area contributed by atoms with Gasteiger partial charge in [-0.25, -0.2) is 0 Å². The summed E-state index contributed by atoms with van der Waals surface area (Å²) in [6.45, 7) is 0.656. The van der Waals surface area contributed by atoms with Crippen LogP contribution in [0.25, 0.3) is 10.8 Å². The molecule has 0 fully saturated rings. The summed E-state index contributed by atoms with van der Waals surface area (Å²) in [6.07, 6.45) is 1.78. The van der Waals surface area contributed by atoms with Crippen molar-refractivity contribution in [1.82, 2.24) is 0 Å². The summed E-state index contributed by atoms with van der Waals surface area (Å²) in [5.74, 6) is 0.301. The van der Waals surface area contributed by atoms with Gasteiger partial charge in [0.15, 0.2) is 0 Å². The van der Waals surface area contributed by atoms with Crippen molar-refractivity contribution in [3.63, 3.8) is 0 Å². The van der Waals surface area contributed by atoms with Crippen molar-refractivity contribution in [2.75, 3.05) is 6.54 Å². The lowest BCUT2D eigenvalue weighted by Gasteiger charge is -2.15. The number of hydrogen-bond acceptors (Lipinski definition) is 3. The molecular weight excluding hydrogens is 248 g/mol. The highest BCUT2D eigenvalue weighted by molar-refractivity contribution is 5.91. The number of rotatable bonds is 4. The Balaban J connectivity index is 0.00000162. The van der Waals surface area contributed by atoms with Gasteiger partial charge >= 0.3 is 0 Å². The molecule has 0 spiro atoms. The fourth-order valence-electron chi connectivity index (χ4n) is 2.12. The molecule has 18 heavy (non-hydrogen) atoms. The number of benzene rings is 2. The molecule has 0 aromatic heterocycles. The minimum Gasteiger partial charge on any atom is -0.507 e. The number of aromatic hydroxyl groups is 1. The molecule has 2 aromatic rings. The van der Waals surface area contributed by atoms with Crippen LogP contribution in [-0.4, -0.2) is 11.7 Å². The van der Waals surface area contributed by atoms with Crippen LogP contribution in [0.1, 0.15) is 24.4 Å². The van der Waals surface area contributed by atoms with Crippen molar-refractivity contribution in [3.8, 4) is 5.75 Å². The SMILES string of the molecule is Cl.NCCC[C@H](N)c1ccc(O)c2ccccc12. The highest BCUT2D eigenvalue weighted by Crippen LogP contribution is 2.31. The first kappa shape index (κ1) is 14.8. The molecule has 0 saturated carbocycles. The second-order valence-corrected chi connectivity index (χ2v) is 4.26. The summed E-state index contributed by atoms with van der Waals surface area (Å²) in [7, 11) is 0. The lowest BCUT2D eigenvalue weighted by Crippen LogP contribution is -2.12. The molecule has 2 aromatic carbocycles. The normalized spacial score (nSPS) is 12.1. The Morgan fingerprint density at radius 2 is 1.72 bits per heavy atom. The zero-order valence-corrected chi connectivity index (χ0v) is 11.0. The lowest BCUT2D eigenvalue weighted by atomic mass is 9.96. The van der Waals surface area contributed by atoms with E-state index in [0.717, 1.165) is 29.2 Å². The van der Waals surface area contributed by atoms with Gasteiger partial charge < -0.3 is 16.6 Å². The van der Waals surface area contributed by atoms with Crippen LogP contribution >= 0.6 is 12.4 Å². The Morgan fingerprint density at radius 3 is 2.39 bits per heavy atom. The molecule has 0 amide bonds. The van der Waals surface area contributed by atoms with Crippen molar-refractivity contribution in [1.29, 1.82) is 0 Å². The zero-order valence-electron chi connectivity index (χ0n) is 10.2. The van der Waals surface area contributed by atoms with E-state index in [0.29, 0.717) is 12.3 Å². The van der Waals surface area contributed by atoms with Crippen molar-refractivity contribution < 1.29 is 5.11 Å². The van der Waals surface area contributed by atoms with Gasteiger partial charge in [-0.15, -0.1) is 12.4 Å². The number of phenolic OH excluding ortho intramolecular Hbond substituents is 1. The Hall–Kier alpha value is -1.29. The minimum absolute atomic E-state index is 0. The fourth-order valence-corrected chi connectivity index (χ4v) is 2.12. The summed E-state index contributed by atoms with van der Waals surface area (Å²) in [6, 6.07) is 11.4. The monoisotopic (exact) mass is 266 g/mol. The predicted molar refractivity (Wildman–Crippen MR) is 78.1 cm³/mol. The van der Waals surface area contributed by atoms with Crippen LogP contribution in [-0.2, 0) is 0 Å². The molecule has 4 heteroatoms. The van der Waals surface area contributed by atoms with Crippen LogP contribution < -0.4 is 11.5 Å². The van der Waals surface area contributed by atoms with E-state index >= 15 is 0 Å². The first-order valence-corrected chi connectivity index (χ1v) is 5.90. The van der Waals surface area contributed by atoms with E-state index in [1.807, 2.05) is 30.3 Å². The van der Waals surface area contributed by atoms with E-state index in [9.17, 15) is 5.11 Å². The average Bonchev–Trinajstić information content (AvgIpc) is 2.37. The van der Waals surface area contributed by atoms with Gasteiger partial charge in [0, 0.05) is 11.4 Å². The number of hydrogen-bond donors (Lipinski definition) is 3. The molecule has 0 saturated heterocycles. The first-order chi connectivity index (χ1) is 8.24. The van der Waals surface area contributed by atoms with Gasteiger partial charge in [-0.3, -0.25) is 0 Å². The third kappa shape index (κ3) is 2.93. The average molecular weight is 267 g/mol. The quantitative estimate of drug-likeness (QED) is 0.797. The third-order valence-electron chi connectivity index (χ3n) is 3.05. The van der Waals surface area contributed by atoms with Gasteiger partial charge in [-0.2, -0.15) is 0 Å². The smallest absolute Gasteiger partial charge is 0.123 e. The maximum absolute atomic E-state index is 9.79. The van der Waals surface area contributed by atoms with Gasteiger partial charge in [-0.1, -0.05) is 30.3 Å². The van der Waals surface area contributed by atoms with Gasteiger partial charge in [0.2, 0.25) is 0 Å². The predicted octanol–water partition coefficient (Wildman–Crippen LogP) is 2.71. The maximum Gasteiger partial charge on any atom is 0.123 e. The number of fused-ring (bicyclic) bond motifs is 1. The Labute approximate surface area is 113 Å². The molecule has 0 heterocycles. The highest BCUT2D eigenvalue weighted by Gasteiger charge is 2.11. The fraction of sp³-hybridized carbons (Fsp3) is 0.286. The van der Waals surface area contributed by atoms with Crippen LogP contribution in [0.3, 0.4) is 0 Å². The van der Waals surface area contributed by atoms with Gasteiger partial charge in [0.1, 0.15) is 5.75 Å². The van der Waals surface area contributed by atoms with Gasteiger partial charge in [-0.05, 0) is 36.4 Å².